The van der Waals surface area contributed by atoms with E-state index >= 15 is 0 Å². The monoisotopic (exact) mass is 465 g/mol. The van der Waals surface area contributed by atoms with Crippen LogP contribution in [0.15, 0.2) is 97.1 Å². The third kappa shape index (κ3) is 4.86. The van der Waals surface area contributed by atoms with Crippen molar-refractivity contribution >= 4 is 16.7 Å². The van der Waals surface area contributed by atoms with Crippen molar-refractivity contribution in [3.63, 3.8) is 0 Å². The summed E-state index contributed by atoms with van der Waals surface area (Å²) in [4.78, 5) is 16.6. The topological polar surface area (TPSA) is 62.3 Å². The zero-order chi connectivity index (χ0) is 24.2. The Bertz CT molecular complexity index is 1480. The minimum atomic E-state index is -0.355. The van der Waals surface area contributed by atoms with Gasteiger partial charge >= 0.3 is 0 Å². The van der Waals surface area contributed by atoms with E-state index < -0.39 is 0 Å². The maximum atomic E-state index is 14.0. The van der Waals surface area contributed by atoms with Gasteiger partial charge in [0.05, 0.1) is 12.3 Å². The fourth-order valence-electron chi connectivity index (χ4n) is 4.29. The molecule has 2 N–H and O–H groups in total. The highest BCUT2D eigenvalue weighted by Crippen LogP contribution is 2.34. The number of carbonyl (C=O) groups is 1. The summed E-state index contributed by atoms with van der Waals surface area (Å²) in [5.41, 5.74) is 5.08. The normalized spacial score (nSPS) is 11.0. The molecule has 1 aromatic heterocycles. The number of ether oxygens (including phenoxy) is 1. The second-order valence-electron chi connectivity index (χ2n) is 8.41. The van der Waals surface area contributed by atoms with Crippen molar-refractivity contribution in [1.82, 2.24) is 4.98 Å². The van der Waals surface area contributed by atoms with E-state index in [4.69, 9.17) is 4.74 Å². The number of H-pyrrole nitrogens is 1. The third-order valence-corrected chi connectivity index (χ3v) is 6.00. The molecule has 174 valence electrons. The SMILES string of the molecule is O=C(Cc1ccc(OCc2ccccc2)c(CO)c1)c1[nH]c2ccc(F)cc2c1-c1ccccc1. The Kier molecular flexibility index (Phi) is 6.42. The molecule has 0 aliphatic heterocycles. The molecule has 4 nitrogen and oxygen atoms in total. The number of benzene rings is 4. The summed E-state index contributed by atoms with van der Waals surface area (Å²) in [5, 5.41) is 10.6. The number of rotatable bonds is 8. The summed E-state index contributed by atoms with van der Waals surface area (Å²) < 4.78 is 19.9. The van der Waals surface area contributed by atoms with Crippen LogP contribution >= 0.6 is 0 Å². The first-order valence-electron chi connectivity index (χ1n) is 11.4. The van der Waals surface area contributed by atoms with Gasteiger partial charge in [-0.15, -0.1) is 0 Å². The van der Waals surface area contributed by atoms with Crippen molar-refractivity contribution in [1.29, 1.82) is 0 Å². The standard InChI is InChI=1S/C30H24FNO3/c31-24-12-13-26-25(17-24)29(22-9-5-2-6-10-22)30(32-26)27(34)16-21-11-14-28(23(15-21)18-33)35-19-20-7-3-1-4-8-20/h1-15,17,32-33H,16,18-19H2. The minimum Gasteiger partial charge on any atom is -0.489 e. The van der Waals surface area contributed by atoms with E-state index in [-0.39, 0.29) is 24.6 Å². The number of nitrogens with one attached hydrogen (secondary N) is 1. The van der Waals surface area contributed by atoms with Gasteiger partial charge in [-0.25, -0.2) is 4.39 Å². The van der Waals surface area contributed by atoms with E-state index in [1.54, 1.807) is 18.2 Å². The molecule has 0 amide bonds. The molecule has 0 radical (unpaired) electrons. The highest BCUT2D eigenvalue weighted by molar-refractivity contribution is 6.11. The average molecular weight is 466 g/mol. The summed E-state index contributed by atoms with van der Waals surface area (Å²) >= 11 is 0. The molecule has 5 rings (SSSR count). The minimum absolute atomic E-state index is 0.123. The first kappa shape index (κ1) is 22.6. The zero-order valence-corrected chi connectivity index (χ0v) is 19.0. The fraction of sp³-hybridized carbons (Fsp3) is 0.100. The van der Waals surface area contributed by atoms with Crippen molar-refractivity contribution < 1.29 is 19.0 Å². The Hall–Kier alpha value is -4.22. The highest BCUT2D eigenvalue weighted by Gasteiger charge is 2.20. The Labute approximate surface area is 202 Å². The number of aliphatic hydroxyl groups excluding tert-OH is 1. The molecule has 5 heteroatoms. The average Bonchev–Trinajstić information content (AvgIpc) is 3.27. The van der Waals surface area contributed by atoms with Crippen LogP contribution in [0.4, 0.5) is 4.39 Å². The summed E-state index contributed by atoms with van der Waals surface area (Å²) in [5.74, 6) is 0.104. The van der Waals surface area contributed by atoms with Crippen LogP contribution < -0.4 is 4.74 Å². The lowest BCUT2D eigenvalue weighted by Crippen LogP contribution is -2.07. The molecule has 0 fully saturated rings. The molecule has 4 aromatic carbocycles. The number of aromatic amines is 1. The lowest BCUT2D eigenvalue weighted by Gasteiger charge is -2.12. The van der Waals surface area contributed by atoms with Gasteiger partial charge in [0.1, 0.15) is 18.2 Å². The maximum absolute atomic E-state index is 14.0. The van der Waals surface area contributed by atoms with Crippen molar-refractivity contribution in [3.05, 3.63) is 125 Å². The van der Waals surface area contributed by atoms with Crippen LogP contribution in [0.2, 0.25) is 0 Å². The first-order chi connectivity index (χ1) is 17.1. The van der Waals surface area contributed by atoms with Crippen LogP contribution in [0, 0.1) is 5.82 Å². The third-order valence-electron chi connectivity index (χ3n) is 6.00. The second kappa shape index (κ2) is 9.95. The maximum Gasteiger partial charge on any atom is 0.184 e. The molecular weight excluding hydrogens is 441 g/mol. The largest absolute Gasteiger partial charge is 0.489 e. The number of fused-ring (bicyclic) bond motifs is 1. The molecule has 0 saturated carbocycles. The number of halogens is 1. The van der Waals surface area contributed by atoms with Gasteiger partial charge in [-0.05, 0) is 47.0 Å². The van der Waals surface area contributed by atoms with Crippen molar-refractivity contribution in [2.75, 3.05) is 0 Å². The summed E-state index contributed by atoms with van der Waals surface area (Å²) in [6.45, 7) is 0.186. The molecule has 1 heterocycles. The van der Waals surface area contributed by atoms with Crippen molar-refractivity contribution in [3.8, 4) is 16.9 Å². The molecule has 0 saturated heterocycles. The van der Waals surface area contributed by atoms with Crippen LogP contribution in [0.5, 0.6) is 5.75 Å². The van der Waals surface area contributed by atoms with Crippen molar-refractivity contribution in [2.24, 2.45) is 0 Å². The van der Waals surface area contributed by atoms with Gasteiger partial charge in [0.25, 0.3) is 0 Å². The summed E-state index contributed by atoms with van der Waals surface area (Å²) in [7, 11) is 0. The van der Waals surface area contributed by atoms with Gasteiger partial charge < -0.3 is 14.8 Å². The van der Waals surface area contributed by atoms with Gasteiger partial charge in [-0.1, -0.05) is 66.7 Å². The van der Waals surface area contributed by atoms with Crippen LogP contribution in [0.1, 0.15) is 27.2 Å². The van der Waals surface area contributed by atoms with Gasteiger partial charge in [-0.2, -0.15) is 0 Å². The van der Waals surface area contributed by atoms with Gasteiger partial charge in [0, 0.05) is 28.5 Å². The lowest BCUT2D eigenvalue weighted by atomic mass is 9.97. The molecule has 35 heavy (non-hydrogen) atoms. The lowest BCUT2D eigenvalue weighted by molar-refractivity contribution is 0.0989. The number of aromatic nitrogens is 1. The molecular formula is C30H24FNO3. The number of Topliss-reactive ketones (excluding diaryl/α,β-unsaturated/α-hetero) is 1. The molecule has 0 unspecified atom stereocenters. The zero-order valence-electron chi connectivity index (χ0n) is 19.0. The molecule has 0 atom stereocenters. The summed E-state index contributed by atoms with van der Waals surface area (Å²) in [6.07, 6.45) is 0.126. The van der Waals surface area contributed by atoms with Crippen LogP contribution in [0.25, 0.3) is 22.0 Å². The van der Waals surface area contributed by atoms with Gasteiger partial charge in [0.2, 0.25) is 0 Å². The Balaban J connectivity index is 1.43. The van der Waals surface area contributed by atoms with Crippen LogP contribution in [-0.4, -0.2) is 15.9 Å². The molecule has 0 bridgehead atoms. The van der Waals surface area contributed by atoms with E-state index in [1.807, 2.05) is 66.7 Å². The molecule has 0 aliphatic rings. The van der Waals surface area contributed by atoms with Crippen LogP contribution in [-0.2, 0) is 19.6 Å². The van der Waals surface area contributed by atoms with Crippen molar-refractivity contribution in [2.45, 2.75) is 19.6 Å². The highest BCUT2D eigenvalue weighted by atomic mass is 19.1. The van der Waals surface area contributed by atoms with E-state index in [0.717, 1.165) is 16.7 Å². The second-order valence-corrected chi connectivity index (χ2v) is 8.41. The number of hydrogen-bond acceptors (Lipinski definition) is 3. The van der Waals surface area contributed by atoms with Crippen LogP contribution in [0.3, 0.4) is 0 Å². The van der Waals surface area contributed by atoms with Gasteiger partial charge in [0.15, 0.2) is 5.78 Å². The molecule has 0 aliphatic carbocycles. The predicted octanol–water partition coefficient (Wildman–Crippen LogP) is 6.47. The Morgan fingerprint density at radius 2 is 1.60 bits per heavy atom. The van der Waals surface area contributed by atoms with Gasteiger partial charge in [-0.3, -0.25) is 4.79 Å². The number of carbonyl (C=O) groups excluding carboxylic acids is 1. The summed E-state index contributed by atoms with van der Waals surface area (Å²) in [6, 6.07) is 29.2. The number of hydrogen-bond donors (Lipinski definition) is 2. The number of ketones is 1. The van der Waals surface area contributed by atoms with E-state index in [0.29, 0.717) is 40.1 Å². The predicted molar refractivity (Wildman–Crippen MR) is 135 cm³/mol. The first-order valence-corrected chi connectivity index (χ1v) is 11.4. The Morgan fingerprint density at radius 1 is 0.857 bits per heavy atom. The quantitative estimate of drug-likeness (QED) is 0.258. The van der Waals surface area contributed by atoms with E-state index in [2.05, 4.69) is 4.98 Å². The smallest absolute Gasteiger partial charge is 0.184 e. The molecule has 5 aromatic rings. The fourth-order valence-corrected chi connectivity index (χ4v) is 4.29. The van der Waals surface area contributed by atoms with E-state index in [1.165, 1.54) is 12.1 Å². The van der Waals surface area contributed by atoms with E-state index in [9.17, 15) is 14.3 Å². The number of aliphatic hydroxyl groups is 1. The Morgan fingerprint density at radius 3 is 2.34 bits per heavy atom. The molecule has 0 spiro atoms.